The molecule has 1 unspecified atom stereocenters. The summed E-state index contributed by atoms with van der Waals surface area (Å²) in [6.07, 6.45) is 4.32. The first-order chi connectivity index (χ1) is 8.31. The van der Waals surface area contributed by atoms with Crippen LogP contribution in [-0.2, 0) is 0 Å². The van der Waals surface area contributed by atoms with Crippen LogP contribution in [-0.4, -0.2) is 35.7 Å². The van der Waals surface area contributed by atoms with Crippen LogP contribution in [0.15, 0.2) is 5.11 Å². The molecule has 0 aromatic heterocycles. The number of amides is 2. The fraction of sp³-hybridized carbons (Fsp3) is 0.900. The topological polar surface area (TPSA) is 89.9 Å². The highest BCUT2D eigenvalue weighted by Crippen LogP contribution is 2.33. The number of nitrogens with zero attached hydrogens (tertiary/aromatic N) is 3. The molecule has 2 rings (SSSR count). The second-order valence-corrected chi connectivity index (χ2v) is 5.70. The second-order valence-electron chi connectivity index (χ2n) is 4.43. The minimum atomic E-state index is -0.0198. The van der Waals surface area contributed by atoms with E-state index in [4.69, 9.17) is 5.53 Å². The molecule has 0 aliphatic carbocycles. The summed E-state index contributed by atoms with van der Waals surface area (Å²) < 4.78 is 0. The Hall–Kier alpha value is -1.07. The molecule has 0 bridgehead atoms. The molecule has 7 heteroatoms. The highest BCUT2D eigenvalue weighted by molar-refractivity contribution is 8.00. The van der Waals surface area contributed by atoms with Crippen molar-refractivity contribution >= 4 is 17.8 Å². The van der Waals surface area contributed by atoms with E-state index >= 15 is 0 Å². The fourth-order valence-electron chi connectivity index (χ4n) is 2.39. The lowest BCUT2D eigenvalue weighted by atomic mass is 10.0. The lowest BCUT2D eigenvalue weighted by Gasteiger charge is -2.16. The van der Waals surface area contributed by atoms with E-state index in [1.165, 1.54) is 0 Å². The number of unbranched alkanes of at least 4 members (excludes halogenated alkanes) is 2. The zero-order valence-electron chi connectivity index (χ0n) is 9.63. The lowest BCUT2D eigenvalue weighted by Crippen LogP contribution is -2.36. The third kappa shape index (κ3) is 3.20. The first-order valence-electron chi connectivity index (χ1n) is 6.01. The van der Waals surface area contributed by atoms with Crippen molar-refractivity contribution in [1.29, 1.82) is 0 Å². The summed E-state index contributed by atoms with van der Waals surface area (Å²) in [7, 11) is 0. The standard InChI is InChI=1S/C10H17N5OS/c11-15-12-5-3-1-2-4-8-9-7(6-17-8)13-10(16)14-9/h7-9H,1-6H2,(H2,13,14,16)/t7-,8?,9+/m1/s1. The summed E-state index contributed by atoms with van der Waals surface area (Å²) in [5, 5.41) is 9.98. The third-order valence-corrected chi connectivity index (χ3v) is 4.76. The van der Waals surface area contributed by atoms with E-state index in [1.54, 1.807) is 0 Å². The van der Waals surface area contributed by atoms with Crippen LogP contribution in [0.4, 0.5) is 4.79 Å². The molecule has 3 atom stereocenters. The third-order valence-electron chi connectivity index (χ3n) is 3.25. The maximum absolute atomic E-state index is 11.2. The summed E-state index contributed by atoms with van der Waals surface area (Å²) in [5.41, 5.74) is 8.13. The van der Waals surface area contributed by atoms with Crippen LogP contribution in [0.25, 0.3) is 10.4 Å². The van der Waals surface area contributed by atoms with Crippen LogP contribution in [0, 0.1) is 0 Å². The number of carbonyl (C=O) groups excluding carboxylic acids is 1. The van der Waals surface area contributed by atoms with E-state index in [2.05, 4.69) is 20.7 Å². The van der Waals surface area contributed by atoms with Crippen LogP contribution in [0.2, 0.25) is 0 Å². The fourth-order valence-corrected chi connectivity index (χ4v) is 3.94. The number of azide groups is 1. The monoisotopic (exact) mass is 255 g/mol. The number of urea groups is 1. The number of fused-ring (bicyclic) bond motifs is 1. The highest BCUT2D eigenvalue weighted by atomic mass is 32.2. The minimum absolute atomic E-state index is 0.0198. The van der Waals surface area contributed by atoms with Crippen molar-refractivity contribution in [2.45, 2.75) is 43.0 Å². The highest BCUT2D eigenvalue weighted by Gasteiger charge is 2.42. The van der Waals surface area contributed by atoms with E-state index in [9.17, 15) is 4.79 Å². The number of hydrogen-bond donors (Lipinski definition) is 2. The number of rotatable bonds is 6. The smallest absolute Gasteiger partial charge is 0.315 e. The molecule has 0 aromatic carbocycles. The van der Waals surface area contributed by atoms with Gasteiger partial charge in [0.05, 0.1) is 12.1 Å². The predicted molar refractivity (Wildman–Crippen MR) is 68.0 cm³/mol. The lowest BCUT2D eigenvalue weighted by molar-refractivity contribution is 0.247. The Morgan fingerprint density at radius 3 is 3.12 bits per heavy atom. The Balaban J connectivity index is 1.63. The van der Waals surface area contributed by atoms with Gasteiger partial charge in [0.15, 0.2) is 0 Å². The second kappa shape index (κ2) is 6.02. The van der Waals surface area contributed by atoms with Gasteiger partial charge in [-0.2, -0.15) is 11.8 Å². The van der Waals surface area contributed by atoms with Crippen molar-refractivity contribution in [1.82, 2.24) is 10.6 Å². The van der Waals surface area contributed by atoms with Gasteiger partial charge in [-0.3, -0.25) is 0 Å². The van der Waals surface area contributed by atoms with Crippen molar-refractivity contribution in [2.75, 3.05) is 12.3 Å². The molecule has 0 aromatic rings. The first-order valence-corrected chi connectivity index (χ1v) is 7.05. The normalized spacial score (nSPS) is 30.4. The van der Waals surface area contributed by atoms with Gasteiger partial charge in [-0.15, -0.1) is 0 Å². The van der Waals surface area contributed by atoms with Gasteiger partial charge in [0.1, 0.15) is 0 Å². The van der Waals surface area contributed by atoms with E-state index in [1.807, 2.05) is 11.8 Å². The van der Waals surface area contributed by atoms with Gasteiger partial charge in [-0.05, 0) is 18.4 Å². The van der Waals surface area contributed by atoms with Crippen LogP contribution < -0.4 is 10.6 Å². The largest absolute Gasteiger partial charge is 0.332 e. The molecule has 2 aliphatic rings. The van der Waals surface area contributed by atoms with Gasteiger partial charge in [-0.1, -0.05) is 18.0 Å². The van der Waals surface area contributed by atoms with Gasteiger partial charge < -0.3 is 10.6 Å². The SMILES string of the molecule is [N-]=[N+]=NCCCCCC1SC[C@H]2NC(=O)N[C@H]12. The van der Waals surface area contributed by atoms with Crippen LogP contribution >= 0.6 is 11.8 Å². The first kappa shape index (κ1) is 12.4. The van der Waals surface area contributed by atoms with Gasteiger partial charge in [0.25, 0.3) is 0 Å². The van der Waals surface area contributed by atoms with Crippen molar-refractivity contribution < 1.29 is 4.79 Å². The van der Waals surface area contributed by atoms with E-state index in [0.29, 0.717) is 23.9 Å². The van der Waals surface area contributed by atoms with E-state index < -0.39 is 0 Å². The maximum Gasteiger partial charge on any atom is 0.315 e. The summed E-state index contributed by atoms with van der Waals surface area (Å²) in [4.78, 5) is 13.9. The predicted octanol–water partition coefficient (Wildman–Crippen LogP) is 2.02. The summed E-state index contributed by atoms with van der Waals surface area (Å²) in [6.45, 7) is 0.596. The van der Waals surface area contributed by atoms with Gasteiger partial charge >= 0.3 is 6.03 Å². The molecule has 6 nitrogen and oxygen atoms in total. The molecule has 2 fully saturated rings. The van der Waals surface area contributed by atoms with Gasteiger partial charge in [0.2, 0.25) is 0 Å². The minimum Gasteiger partial charge on any atom is -0.332 e. The molecule has 2 amide bonds. The van der Waals surface area contributed by atoms with Gasteiger partial charge in [0, 0.05) is 22.5 Å². The number of thioether (sulfide) groups is 1. The van der Waals surface area contributed by atoms with E-state index in [-0.39, 0.29) is 6.03 Å². The van der Waals surface area contributed by atoms with Gasteiger partial charge in [-0.25, -0.2) is 4.79 Å². The average Bonchev–Trinajstić information content (AvgIpc) is 2.83. The molecule has 94 valence electrons. The molecular formula is C10H17N5OS. The molecule has 2 N–H and O–H groups in total. The Labute approximate surface area is 105 Å². The van der Waals surface area contributed by atoms with Crippen LogP contribution in [0.1, 0.15) is 25.7 Å². The zero-order valence-corrected chi connectivity index (χ0v) is 10.4. The molecule has 17 heavy (non-hydrogen) atoms. The Kier molecular flexibility index (Phi) is 4.39. The average molecular weight is 255 g/mol. The quantitative estimate of drug-likeness (QED) is 0.250. The number of nitrogens with one attached hydrogen (secondary N) is 2. The summed E-state index contributed by atoms with van der Waals surface area (Å²) >= 11 is 1.95. The molecule has 2 saturated heterocycles. The number of carbonyl (C=O) groups is 1. The van der Waals surface area contributed by atoms with Crippen molar-refractivity contribution in [2.24, 2.45) is 5.11 Å². The zero-order chi connectivity index (χ0) is 12.1. The molecule has 0 saturated carbocycles. The van der Waals surface area contributed by atoms with Crippen LogP contribution in [0.3, 0.4) is 0 Å². The van der Waals surface area contributed by atoms with Crippen molar-refractivity contribution in [3.05, 3.63) is 10.4 Å². The molecule has 0 radical (unpaired) electrons. The van der Waals surface area contributed by atoms with Crippen molar-refractivity contribution in [3.8, 4) is 0 Å². The maximum atomic E-state index is 11.2. The molecule has 2 aliphatic heterocycles. The summed E-state index contributed by atoms with van der Waals surface area (Å²) in [5.74, 6) is 1.02. The van der Waals surface area contributed by atoms with Crippen LogP contribution in [0.5, 0.6) is 0 Å². The molecule has 0 spiro atoms. The Morgan fingerprint density at radius 1 is 1.41 bits per heavy atom. The summed E-state index contributed by atoms with van der Waals surface area (Å²) in [6, 6.07) is 0.610. The number of hydrogen-bond acceptors (Lipinski definition) is 3. The molecule has 2 heterocycles. The Morgan fingerprint density at radius 2 is 2.29 bits per heavy atom. The van der Waals surface area contributed by atoms with E-state index in [0.717, 1.165) is 31.4 Å². The van der Waals surface area contributed by atoms with Crippen molar-refractivity contribution in [3.63, 3.8) is 0 Å². The molecular weight excluding hydrogens is 238 g/mol. The Bertz CT molecular complexity index is 331.